The van der Waals surface area contributed by atoms with Crippen molar-refractivity contribution in [1.29, 1.82) is 0 Å². The largest absolute Gasteiger partial charge is 0.478 e. The lowest BCUT2D eigenvalue weighted by Crippen LogP contribution is -2.72. The number of ether oxygens (including phenoxy) is 2. The SMILES string of the molecule is CC(=O)OC1CC2(C)C(CCC3C4(C)CCC(O)C(C)C4C(OC(=O)C45CC6CC(CC(C6)C4)C5)C(O)C32C)/C1=C(\CCCC(C)C)C(=O)O. The number of carboxylic acid groups (broad SMARTS) is 1. The summed E-state index contributed by atoms with van der Waals surface area (Å²) in [5.41, 5.74) is -1.09. The molecule has 8 rings (SSSR count). The minimum absolute atomic E-state index is 0.0484. The molecule has 0 aromatic carbocycles. The van der Waals surface area contributed by atoms with Crippen LogP contribution in [0.4, 0.5) is 0 Å². The van der Waals surface area contributed by atoms with E-state index in [2.05, 4.69) is 41.5 Å². The third kappa shape index (κ3) is 5.37. The van der Waals surface area contributed by atoms with Crippen LogP contribution in [-0.2, 0) is 23.9 Å². The molecule has 8 aliphatic carbocycles. The normalized spacial score (nSPS) is 49.9. The fourth-order valence-electron chi connectivity index (χ4n) is 14.7. The first-order valence-corrected chi connectivity index (χ1v) is 20.2. The number of hydrogen-bond donors (Lipinski definition) is 3. The Morgan fingerprint density at radius 1 is 0.900 bits per heavy atom. The Balaban J connectivity index is 1.30. The molecule has 3 N–H and O–H groups in total. The third-order valence-electron chi connectivity index (χ3n) is 16.6. The Hall–Kier alpha value is -1.93. The van der Waals surface area contributed by atoms with Gasteiger partial charge in [0.15, 0.2) is 0 Å². The molecule has 0 radical (unpaired) electrons. The van der Waals surface area contributed by atoms with Crippen LogP contribution in [0.5, 0.6) is 0 Å². The molecule has 0 amide bonds. The van der Waals surface area contributed by atoms with E-state index < -0.39 is 52.6 Å². The van der Waals surface area contributed by atoms with E-state index >= 15 is 0 Å². The maximum atomic E-state index is 14.7. The molecular weight excluding hydrogens is 632 g/mol. The summed E-state index contributed by atoms with van der Waals surface area (Å²) in [6, 6.07) is 0. The quantitative estimate of drug-likeness (QED) is 0.176. The van der Waals surface area contributed by atoms with Crippen LogP contribution in [0, 0.1) is 69.0 Å². The van der Waals surface area contributed by atoms with Gasteiger partial charge in [0.25, 0.3) is 0 Å². The highest BCUT2D eigenvalue weighted by Gasteiger charge is 2.74. The van der Waals surface area contributed by atoms with E-state index in [4.69, 9.17) is 9.47 Å². The molecule has 0 aromatic heterocycles. The molecular formula is C42H64O8. The minimum Gasteiger partial charge on any atom is -0.478 e. The highest BCUT2D eigenvalue weighted by atomic mass is 16.6. The lowest BCUT2D eigenvalue weighted by Gasteiger charge is -2.70. The zero-order valence-corrected chi connectivity index (χ0v) is 31.7. The summed E-state index contributed by atoms with van der Waals surface area (Å²) in [6.07, 6.45) is 8.74. The van der Waals surface area contributed by atoms with Crippen molar-refractivity contribution < 1.29 is 39.2 Å². The number of aliphatic carboxylic acids is 1. The molecule has 50 heavy (non-hydrogen) atoms. The van der Waals surface area contributed by atoms with Gasteiger partial charge in [0.1, 0.15) is 12.2 Å². The number of esters is 2. The summed E-state index contributed by atoms with van der Waals surface area (Å²) < 4.78 is 12.9. The summed E-state index contributed by atoms with van der Waals surface area (Å²) in [5.74, 6) is 0.156. The molecule has 8 fully saturated rings. The molecule has 280 valence electrons. The Morgan fingerprint density at radius 2 is 1.52 bits per heavy atom. The van der Waals surface area contributed by atoms with Gasteiger partial charge in [-0.05, 0) is 141 Å². The molecule has 0 spiro atoms. The summed E-state index contributed by atoms with van der Waals surface area (Å²) in [7, 11) is 0. The van der Waals surface area contributed by atoms with Gasteiger partial charge < -0.3 is 24.8 Å². The van der Waals surface area contributed by atoms with E-state index in [0.29, 0.717) is 48.5 Å². The highest BCUT2D eigenvalue weighted by molar-refractivity contribution is 5.88. The number of fused-ring (bicyclic) bond motifs is 5. The van der Waals surface area contributed by atoms with E-state index in [9.17, 15) is 29.7 Å². The Morgan fingerprint density at radius 3 is 2.08 bits per heavy atom. The summed E-state index contributed by atoms with van der Waals surface area (Å²) >= 11 is 0. The van der Waals surface area contributed by atoms with Gasteiger partial charge in [0, 0.05) is 23.8 Å². The second kappa shape index (κ2) is 12.6. The number of carbonyl (C=O) groups is 3. The Bertz CT molecular complexity index is 1380. The van der Waals surface area contributed by atoms with Crippen LogP contribution in [0.2, 0.25) is 0 Å². The predicted molar refractivity (Wildman–Crippen MR) is 188 cm³/mol. The maximum Gasteiger partial charge on any atom is 0.331 e. The molecule has 8 nitrogen and oxygen atoms in total. The molecule has 8 heteroatoms. The van der Waals surface area contributed by atoms with Crippen molar-refractivity contribution in [3.63, 3.8) is 0 Å². The average Bonchev–Trinajstić information content (AvgIpc) is 3.30. The number of hydrogen-bond acceptors (Lipinski definition) is 7. The number of carboxylic acids is 1. The van der Waals surface area contributed by atoms with Gasteiger partial charge in [-0.15, -0.1) is 0 Å². The first-order chi connectivity index (χ1) is 23.4. The second-order valence-corrected chi connectivity index (χ2v) is 19.7. The highest BCUT2D eigenvalue weighted by Crippen LogP contribution is 2.75. The first-order valence-electron chi connectivity index (χ1n) is 20.2. The fraction of sp³-hybridized carbons (Fsp3) is 0.881. The fourth-order valence-corrected chi connectivity index (χ4v) is 14.7. The van der Waals surface area contributed by atoms with Crippen LogP contribution in [0.3, 0.4) is 0 Å². The van der Waals surface area contributed by atoms with Gasteiger partial charge in [-0.3, -0.25) is 9.59 Å². The number of carbonyl (C=O) groups excluding carboxylic acids is 2. The zero-order chi connectivity index (χ0) is 36.1. The smallest absolute Gasteiger partial charge is 0.331 e. The van der Waals surface area contributed by atoms with Crippen LogP contribution < -0.4 is 0 Å². The molecule has 4 bridgehead atoms. The number of aliphatic hydroxyl groups excluding tert-OH is 2. The first kappa shape index (κ1) is 36.4. The Labute approximate surface area is 299 Å². The van der Waals surface area contributed by atoms with Crippen LogP contribution in [0.1, 0.15) is 138 Å². The summed E-state index contributed by atoms with van der Waals surface area (Å²) in [4.78, 5) is 40.3. The van der Waals surface area contributed by atoms with E-state index in [1.165, 1.54) is 26.2 Å². The van der Waals surface area contributed by atoms with E-state index in [0.717, 1.165) is 56.9 Å². The average molecular weight is 697 g/mol. The molecule has 0 heterocycles. The zero-order valence-electron chi connectivity index (χ0n) is 31.7. The van der Waals surface area contributed by atoms with E-state index in [-0.39, 0.29) is 35.1 Å². The molecule has 0 aliphatic heterocycles. The van der Waals surface area contributed by atoms with Crippen molar-refractivity contribution in [3.05, 3.63) is 11.1 Å². The van der Waals surface area contributed by atoms with Gasteiger partial charge in [-0.2, -0.15) is 0 Å². The standard InChI is InChI=1S/C42H64O8/c1-22(2)9-8-10-28(37(46)47)33-29-11-12-32-39(5)14-13-30(44)23(3)34(39)35(36(45)41(32,7)40(29,6)21-31(33)49-24(4)43)50-38(48)42-18-25-15-26(19-42)17-27(16-25)20-42/h22-23,25-27,29-32,34-36,44-45H,8-21H2,1-7H3,(H,46,47)/b33-28-. The molecule has 8 aliphatic rings. The monoisotopic (exact) mass is 696 g/mol. The molecule has 11 unspecified atom stereocenters. The van der Waals surface area contributed by atoms with Crippen LogP contribution in [-0.4, -0.2) is 57.6 Å². The lowest BCUT2D eigenvalue weighted by atomic mass is 9.35. The number of aliphatic hydroxyl groups is 2. The van der Waals surface area contributed by atoms with Gasteiger partial charge in [-0.25, -0.2) is 4.79 Å². The van der Waals surface area contributed by atoms with E-state index in [1.54, 1.807) is 0 Å². The minimum atomic E-state index is -1.02. The number of rotatable bonds is 8. The van der Waals surface area contributed by atoms with Crippen molar-refractivity contribution in [1.82, 2.24) is 0 Å². The maximum absolute atomic E-state index is 14.7. The molecule has 0 saturated heterocycles. The lowest BCUT2D eigenvalue weighted by molar-refractivity contribution is -0.291. The van der Waals surface area contributed by atoms with Crippen molar-refractivity contribution in [3.8, 4) is 0 Å². The predicted octanol–water partition coefficient (Wildman–Crippen LogP) is 7.48. The Kier molecular flexibility index (Phi) is 9.17. The molecule has 0 aromatic rings. The van der Waals surface area contributed by atoms with Gasteiger partial charge >= 0.3 is 17.9 Å². The molecule has 8 saturated carbocycles. The van der Waals surface area contributed by atoms with Crippen molar-refractivity contribution in [2.75, 3.05) is 0 Å². The van der Waals surface area contributed by atoms with Crippen molar-refractivity contribution in [2.24, 2.45) is 69.0 Å². The summed E-state index contributed by atoms with van der Waals surface area (Å²) in [6.45, 7) is 14.4. The van der Waals surface area contributed by atoms with E-state index in [1.807, 2.05) is 0 Å². The summed E-state index contributed by atoms with van der Waals surface area (Å²) in [5, 5.41) is 35.0. The van der Waals surface area contributed by atoms with Gasteiger partial charge in [0.2, 0.25) is 0 Å². The topological polar surface area (TPSA) is 130 Å². The second-order valence-electron chi connectivity index (χ2n) is 19.7. The van der Waals surface area contributed by atoms with Crippen molar-refractivity contribution >= 4 is 17.9 Å². The molecule has 11 atom stereocenters. The van der Waals surface area contributed by atoms with Crippen molar-refractivity contribution in [2.45, 2.75) is 163 Å². The van der Waals surface area contributed by atoms with Crippen LogP contribution in [0.15, 0.2) is 11.1 Å². The van der Waals surface area contributed by atoms with Crippen LogP contribution in [0.25, 0.3) is 0 Å². The third-order valence-corrected chi connectivity index (χ3v) is 16.6. The van der Waals surface area contributed by atoms with Crippen LogP contribution >= 0.6 is 0 Å². The van der Waals surface area contributed by atoms with Gasteiger partial charge in [0.05, 0.1) is 17.6 Å². The van der Waals surface area contributed by atoms with Gasteiger partial charge in [-0.1, -0.05) is 48.0 Å².